The molecule has 1 N–H and O–H groups in total. The summed E-state index contributed by atoms with van der Waals surface area (Å²) < 4.78 is 25.9. The zero-order chi connectivity index (χ0) is 12.3. The number of rotatable bonds is 3. The molecule has 1 rings (SSSR count). The van der Waals surface area contributed by atoms with Crippen molar-refractivity contribution >= 4 is 17.3 Å². The molecular weight excluding hydrogens is 222 g/mol. The average Bonchev–Trinajstić information content (AvgIpc) is 2.20. The summed E-state index contributed by atoms with van der Waals surface area (Å²) in [5, 5.41) is 12.5. The van der Waals surface area contributed by atoms with E-state index < -0.39 is 33.8 Å². The Balaban J connectivity index is 3.24. The van der Waals surface area contributed by atoms with Crippen LogP contribution in [0.4, 0.5) is 20.2 Å². The number of carbonyl (C=O) groups is 1. The summed E-state index contributed by atoms with van der Waals surface area (Å²) in [6, 6.07) is 1.02. The normalized spacial score (nSPS) is 9.94. The molecule has 16 heavy (non-hydrogen) atoms. The van der Waals surface area contributed by atoms with E-state index in [1.165, 1.54) is 6.92 Å². The number of benzene rings is 1. The maximum atomic E-state index is 13.2. The average molecular weight is 230 g/mol. The van der Waals surface area contributed by atoms with Crippen molar-refractivity contribution in [1.82, 2.24) is 0 Å². The van der Waals surface area contributed by atoms with E-state index in [2.05, 4.69) is 0 Å². The van der Waals surface area contributed by atoms with Crippen molar-refractivity contribution in [3.05, 3.63) is 33.9 Å². The molecular formula is C9H8F2N2O3. The molecule has 0 bridgehead atoms. The zero-order valence-corrected chi connectivity index (χ0v) is 8.29. The molecule has 5 nitrogen and oxygen atoms in total. The van der Waals surface area contributed by atoms with Crippen molar-refractivity contribution in [3.8, 4) is 0 Å². The molecule has 0 saturated carbocycles. The molecule has 0 unspecified atom stereocenters. The van der Waals surface area contributed by atoms with Crippen molar-refractivity contribution in [2.45, 2.75) is 13.3 Å². The smallest absolute Gasteiger partial charge is 0.298 e. The largest absolute Gasteiger partial charge is 0.318 e. The highest BCUT2D eigenvalue weighted by Crippen LogP contribution is 2.28. The van der Waals surface area contributed by atoms with Gasteiger partial charge in [-0.2, -0.15) is 0 Å². The van der Waals surface area contributed by atoms with Crippen LogP contribution in [0.1, 0.15) is 13.3 Å². The van der Waals surface area contributed by atoms with Crippen LogP contribution in [-0.4, -0.2) is 10.8 Å². The zero-order valence-electron chi connectivity index (χ0n) is 8.29. The molecule has 0 saturated heterocycles. The molecule has 0 aliphatic rings. The van der Waals surface area contributed by atoms with Crippen LogP contribution in [0.3, 0.4) is 0 Å². The number of carbonyl (C=O) groups excluding carboxylic acids is 1. The van der Waals surface area contributed by atoms with Crippen LogP contribution >= 0.6 is 0 Å². The van der Waals surface area contributed by atoms with Gasteiger partial charge in [-0.15, -0.1) is 0 Å². The Morgan fingerprint density at radius 1 is 1.50 bits per heavy atom. The van der Waals surface area contributed by atoms with Gasteiger partial charge >= 0.3 is 0 Å². The van der Waals surface area contributed by atoms with Gasteiger partial charge in [-0.3, -0.25) is 14.9 Å². The highest BCUT2D eigenvalue weighted by atomic mass is 19.1. The van der Waals surface area contributed by atoms with E-state index in [1.54, 1.807) is 0 Å². The quantitative estimate of drug-likeness (QED) is 0.639. The maximum absolute atomic E-state index is 13.2. The first-order valence-corrected chi connectivity index (χ1v) is 4.39. The second-order valence-electron chi connectivity index (χ2n) is 2.94. The third-order valence-electron chi connectivity index (χ3n) is 1.82. The van der Waals surface area contributed by atoms with E-state index >= 15 is 0 Å². The Bertz CT molecular complexity index is 449. The molecule has 1 aromatic rings. The van der Waals surface area contributed by atoms with Gasteiger partial charge in [0.15, 0.2) is 11.5 Å². The number of nitrogens with zero attached hydrogens (tertiary/aromatic N) is 1. The van der Waals surface area contributed by atoms with Crippen LogP contribution in [0.2, 0.25) is 0 Å². The highest BCUT2D eigenvalue weighted by molar-refractivity contribution is 5.93. The Kier molecular flexibility index (Phi) is 3.49. The van der Waals surface area contributed by atoms with Crippen LogP contribution in [0, 0.1) is 21.7 Å². The van der Waals surface area contributed by atoms with Gasteiger partial charge in [-0.25, -0.2) is 8.78 Å². The summed E-state index contributed by atoms with van der Waals surface area (Å²) in [4.78, 5) is 20.6. The predicted molar refractivity (Wildman–Crippen MR) is 51.9 cm³/mol. The van der Waals surface area contributed by atoms with Gasteiger partial charge < -0.3 is 5.32 Å². The third-order valence-corrected chi connectivity index (χ3v) is 1.82. The molecule has 86 valence electrons. The molecule has 1 aromatic carbocycles. The van der Waals surface area contributed by atoms with Crippen LogP contribution in [0.5, 0.6) is 0 Å². The maximum Gasteiger partial charge on any atom is 0.298 e. The first-order chi connectivity index (χ1) is 7.45. The minimum absolute atomic E-state index is 0.0357. The molecule has 0 heterocycles. The van der Waals surface area contributed by atoms with E-state index in [4.69, 9.17) is 0 Å². The van der Waals surface area contributed by atoms with Crippen LogP contribution in [0.15, 0.2) is 12.1 Å². The Hall–Kier alpha value is -2.05. The van der Waals surface area contributed by atoms with E-state index in [9.17, 15) is 23.7 Å². The van der Waals surface area contributed by atoms with E-state index in [1.807, 2.05) is 5.32 Å². The van der Waals surface area contributed by atoms with Crippen LogP contribution in [0.25, 0.3) is 0 Å². The minimum atomic E-state index is -1.17. The van der Waals surface area contributed by atoms with Gasteiger partial charge in [0.25, 0.3) is 5.69 Å². The van der Waals surface area contributed by atoms with Crippen molar-refractivity contribution in [1.29, 1.82) is 0 Å². The number of nitro benzene ring substituents is 1. The number of hydrogen-bond acceptors (Lipinski definition) is 3. The first-order valence-electron chi connectivity index (χ1n) is 4.39. The predicted octanol–water partition coefficient (Wildman–Crippen LogP) is 2.22. The summed E-state index contributed by atoms with van der Waals surface area (Å²) in [6.07, 6.45) is 0.0357. The fourth-order valence-electron chi connectivity index (χ4n) is 1.06. The fourth-order valence-corrected chi connectivity index (χ4v) is 1.06. The van der Waals surface area contributed by atoms with Crippen LogP contribution < -0.4 is 5.32 Å². The first kappa shape index (κ1) is 12.0. The number of nitro groups is 1. The number of anilines is 1. The highest BCUT2D eigenvalue weighted by Gasteiger charge is 2.21. The van der Waals surface area contributed by atoms with Gasteiger partial charge in [0, 0.05) is 12.5 Å². The summed E-state index contributed by atoms with van der Waals surface area (Å²) in [5.74, 6) is -2.83. The fraction of sp³-hybridized carbons (Fsp3) is 0.222. The Morgan fingerprint density at radius 3 is 2.62 bits per heavy atom. The van der Waals surface area contributed by atoms with Gasteiger partial charge in [0.1, 0.15) is 5.82 Å². The molecule has 0 aliphatic heterocycles. The lowest BCUT2D eigenvalue weighted by molar-refractivity contribution is -0.384. The minimum Gasteiger partial charge on any atom is -0.318 e. The third kappa shape index (κ3) is 2.50. The Morgan fingerprint density at radius 2 is 2.12 bits per heavy atom. The van der Waals surface area contributed by atoms with Crippen molar-refractivity contribution < 1.29 is 18.5 Å². The SMILES string of the molecule is CCC(=O)Nc1c(F)cc(F)cc1[N+](=O)[O-]. The second-order valence-corrected chi connectivity index (χ2v) is 2.94. The van der Waals surface area contributed by atoms with Gasteiger partial charge in [0.2, 0.25) is 5.91 Å². The monoisotopic (exact) mass is 230 g/mol. The summed E-state index contributed by atoms with van der Waals surface area (Å²) in [5.41, 5.74) is -1.42. The molecule has 0 spiro atoms. The van der Waals surface area contributed by atoms with Crippen molar-refractivity contribution in [3.63, 3.8) is 0 Å². The molecule has 7 heteroatoms. The number of nitrogens with one attached hydrogen (secondary N) is 1. The topological polar surface area (TPSA) is 72.2 Å². The summed E-state index contributed by atoms with van der Waals surface area (Å²) in [6.45, 7) is 1.50. The van der Waals surface area contributed by atoms with Crippen molar-refractivity contribution in [2.24, 2.45) is 0 Å². The number of halogens is 2. The molecule has 0 aromatic heterocycles. The lowest BCUT2D eigenvalue weighted by Crippen LogP contribution is -2.12. The summed E-state index contributed by atoms with van der Waals surface area (Å²) in [7, 11) is 0. The lowest BCUT2D eigenvalue weighted by atomic mass is 10.2. The van der Waals surface area contributed by atoms with E-state index in [0.29, 0.717) is 12.1 Å². The number of amides is 1. The Labute approximate surface area is 89.2 Å². The van der Waals surface area contributed by atoms with Crippen molar-refractivity contribution in [2.75, 3.05) is 5.32 Å². The standard InChI is InChI=1S/C9H8F2N2O3/c1-2-8(14)12-9-6(11)3-5(10)4-7(9)13(15)16/h3-4H,2H2,1H3,(H,12,14). The molecule has 0 fully saturated rings. The number of hydrogen-bond donors (Lipinski definition) is 1. The molecule has 0 radical (unpaired) electrons. The molecule has 0 atom stereocenters. The molecule has 0 aliphatic carbocycles. The lowest BCUT2D eigenvalue weighted by Gasteiger charge is -2.05. The van der Waals surface area contributed by atoms with Gasteiger partial charge in [-0.1, -0.05) is 6.92 Å². The van der Waals surface area contributed by atoms with E-state index in [0.717, 1.165) is 0 Å². The van der Waals surface area contributed by atoms with E-state index in [-0.39, 0.29) is 6.42 Å². The summed E-state index contributed by atoms with van der Waals surface area (Å²) >= 11 is 0. The van der Waals surface area contributed by atoms with Gasteiger partial charge in [-0.05, 0) is 0 Å². The van der Waals surface area contributed by atoms with Crippen LogP contribution in [-0.2, 0) is 4.79 Å². The second kappa shape index (κ2) is 4.65. The van der Waals surface area contributed by atoms with Gasteiger partial charge in [0.05, 0.1) is 11.0 Å². The molecule has 1 amide bonds.